The summed E-state index contributed by atoms with van der Waals surface area (Å²) in [5.41, 5.74) is 2.84. The molecule has 7 nitrogen and oxygen atoms in total. The van der Waals surface area contributed by atoms with E-state index in [9.17, 15) is 0 Å². The second-order valence-electron chi connectivity index (χ2n) is 8.69. The molecule has 7 heteroatoms. The number of anilines is 1. The molecule has 0 spiro atoms. The molecule has 2 aromatic heterocycles. The lowest BCUT2D eigenvalue weighted by Crippen LogP contribution is -2.26. The lowest BCUT2D eigenvalue weighted by Gasteiger charge is -2.27. The first-order valence-corrected chi connectivity index (χ1v) is 11.0. The molecule has 1 aromatic carbocycles. The van der Waals surface area contributed by atoms with Gasteiger partial charge in [0.1, 0.15) is 6.10 Å². The molecular formula is C23H29N5O2. The third-order valence-electron chi connectivity index (χ3n) is 6.20. The van der Waals surface area contributed by atoms with Crippen molar-refractivity contribution in [1.82, 2.24) is 19.7 Å². The van der Waals surface area contributed by atoms with Crippen LogP contribution in [0.5, 0.6) is 5.88 Å². The smallest absolute Gasteiger partial charge is 0.226 e. The lowest BCUT2D eigenvalue weighted by atomic mass is 9.87. The van der Waals surface area contributed by atoms with E-state index in [1.54, 1.807) is 0 Å². The van der Waals surface area contributed by atoms with Crippen molar-refractivity contribution in [2.75, 3.05) is 18.5 Å². The Morgan fingerprint density at radius 3 is 2.83 bits per heavy atom. The quantitative estimate of drug-likeness (QED) is 0.684. The van der Waals surface area contributed by atoms with Crippen molar-refractivity contribution in [3.05, 3.63) is 30.6 Å². The average molecular weight is 408 g/mol. The Morgan fingerprint density at radius 2 is 2.03 bits per heavy atom. The predicted octanol–water partition coefficient (Wildman–Crippen LogP) is 4.19. The first kappa shape index (κ1) is 19.3. The van der Waals surface area contributed by atoms with Crippen molar-refractivity contribution in [2.45, 2.75) is 51.2 Å². The van der Waals surface area contributed by atoms with E-state index in [1.165, 1.54) is 12.8 Å². The van der Waals surface area contributed by atoms with Gasteiger partial charge in [0, 0.05) is 37.3 Å². The van der Waals surface area contributed by atoms with Crippen molar-refractivity contribution in [3.63, 3.8) is 0 Å². The zero-order valence-corrected chi connectivity index (χ0v) is 17.7. The highest BCUT2D eigenvalue weighted by molar-refractivity contribution is 5.84. The van der Waals surface area contributed by atoms with Crippen LogP contribution in [0.4, 0.5) is 5.95 Å². The minimum Gasteiger partial charge on any atom is -0.471 e. The van der Waals surface area contributed by atoms with Crippen LogP contribution >= 0.6 is 0 Å². The summed E-state index contributed by atoms with van der Waals surface area (Å²) in [5, 5.41) is 9.17. The maximum Gasteiger partial charge on any atom is 0.226 e. The van der Waals surface area contributed by atoms with Crippen molar-refractivity contribution >= 4 is 16.9 Å². The van der Waals surface area contributed by atoms with Gasteiger partial charge in [-0.3, -0.25) is 4.68 Å². The molecule has 3 heterocycles. The summed E-state index contributed by atoms with van der Waals surface area (Å²) in [4.78, 5) is 9.41. The van der Waals surface area contributed by atoms with E-state index in [1.807, 2.05) is 24.1 Å². The fourth-order valence-corrected chi connectivity index (χ4v) is 4.38. The molecular weight excluding hydrogens is 378 g/mol. The SMILES string of the molecule is CC1CCC(Nc2ncc(-c3ccc4cn(C)nc4c3)c(OC3CCOC3)n2)CC1. The van der Waals surface area contributed by atoms with Gasteiger partial charge in [-0.15, -0.1) is 0 Å². The van der Waals surface area contributed by atoms with Gasteiger partial charge in [-0.25, -0.2) is 4.98 Å². The summed E-state index contributed by atoms with van der Waals surface area (Å²) in [7, 11) is 1.93. The van der Waals surface area contributed by atoms with Crippen LogP contribution in [0.2, 0.25) is 0 Å². The number of aryl methyl sites for hydroxylation is 1. The molecule has 1 N–H and O–H groups in total. The minimum atomic E-state index is 0.0283. The number of hydrogen-bond acceptors (Lipinski definition) is 6. The Balaban J connectivity index is 1.45. The van der Waals surface area contributed by atoms with Crippen LogP contribution < -0.4 is 10.1 Å². The number of nitrogens with one attached hydrogen (secondary N) is 1. The van der Waals surface area contributed by atoms with E-state index in [0.717, 1.165) is 53.8 Å². The van der Waals surface area contributed by atoms with Gasteiger partial charge in [-0.2, -0.15) is 10.1 Å². The van der Waals surface area contributed by atoms with E-state index in [-0.39, 0.29) is 6.10 Å². The number of benzene rings is 1. The first-order valence-electron chi connectivity index (χ1n) is 11.0. The fourth-order valence-electron chi connectivity index (χ4n) is 4.38. The number of nitrogens with zero attached hydrogens (tertiary/aromatic N) is 4. The topological polar surface area (TPSA) is 74.1 Å². The van der Waals surface area contributed by atoms with Crippen LogP contribution in [0.25, 0.3) is 22.0 Å². The molecule has 2 fully saturated rings. The number of hydrogen-bond donors (Lipinski definition) is 1. The number of aromatic nitrogens is 4. The molecule has 3 aromatic rings. The maximum atomic E-state index is 6.28. The summed E-state index contributed by atoms with van der Waals surface area (Å²) in [6, 6.07) is 6.66. The molecule has 0 radical (unpaired) electrons. The van der Waals surface area contributed by atoms with Gasteiger partial charge in [0.05, 0.1) is 24.3 Å². The monoisotopic (exact) mass is 407 g/mol. The Kier molecular flexibility index (Phi) is 5.29. The second kappa shape index (κ2) is 8.22. The van der Waals surface area contributed by atoms with Gasteiger partial charge in [0.25, 0.3) is 0 Å². The second-order valence-corrected chi connectivity index (χ2v) is 8.69. The Hall–Kier alpha value is -2.67. The predicted molar refractivity (Wildman–Crippen MR) is 117 cm³/mol. The molecule has 0 bridgehead atoms. The standard InChI is InChI=1S/C23H29N5O2/c1-15-3-7-18(8-4-15)25-23-24-12-20(22(26-23)30-19-9-10-29-14-19)16-5-6-17-13-28(2)27-21(17)11-16/h5-6,11-13,15,18-19H,3-4,7-10,14H2,1-2H3,(H,24,25,26). The fraction of sp³-hybridized carbons (Fsp3) is 0.522. The summed E-state index contributed by atoms with van der Waals surface area (Å²) in [5.74, 6) is 2.07. The maximum absolute atomic E-state index is 6.28. The van der Waals surface area contributed by atoms with Crippen LogP contribution in [0.1, 0.15) is 39.0 Å². The molecule has 1 saturated heterocycles. The first-order chi connectivity index (χ1) is 14.6. The van der Waals surface area contributed by atoms with E-state index >= 15 is 0 Å². The molecule has 5 rings (SSSR count). The summed E-state index contributed by atoms with van der Waals surface area (Å²) >= 11 is 0. The van der Waals surface area contributed by atoms with Crippen LogP contribution in [0.15, 0.2) is 30.6 Å². The minimum absolute atomic E-state index is 0.0283. The Bertz CT molecular complexity index is 1020. The Morgan fingerprint density at radius 1 is 1.17 bits per heavy atom. The van der Waals surface area contributed by atoms with E-state index < -0.39 is 0 Å². The number of ether oxygens (including phenoxy) is 2. The summed E-state index contributed by atoms with van der Waals surface area (Å²) < 4.78 is 13.6. The zero-order valence-electron chi connectivity index (χ0n) is 17.7. The van der Waals surface area contributed by atoms with Crippen LogP contribution in [-0.4, -0.2) is 45.1 Å². The van der Waals surface area contributed by atoms with Crippen molar-refractivity contribution < 1.29 is 9.47 Å². The molecule has 2 aliphatic rings. The number of rotatable bonds is 5. The molecule has 1 aliphatic heterocycles. The molecule has 0 amide bonds. The van der Waals surface area contributed by atoms with Gasteiger partial charge in [0.15, 0.2) is 0 Å². The van der Waals surface area contributed by atoms with E-state index in [0.29, 0.717) is 24.5 Å². The van der Waals surface area contributed by atoms with Crippen LogP contribution in [0.3, 0.4) is 0 Å². The van der Waals surface area contributed by atoms with Crippen molar-refractivity contribution in [3.8, 4) is 17.0 Å². The van der Waals surface area contributed by atoms with Gasteiger partial charge in [-0.05, 0) is 43.2 Å². The van der Waals surface area contributed by atoms with Crippen LogP contribution in [-0.2, 0) is 11.8 Å². The molecule has 1 atom stereocenters. The molecule has 158 valence electrons. The normalized spacial score (nSPS) is 24.3. The van der Waals surface area contributed by atoms with Crippen molar-refractivity contribution in [2.24, 2.45) is 13.0 Å². The third-order valence-corrected chi connectivity index (χ3v) is 6.20. The van der Waals surface area contributed by atoms with Gasteiger partial charge < -0.3 is 14.8 Å². The lowest BCUT2D eigenvalue weighted by molar-refractivity contribution is 0.138. The van der Waals surface area contributed by atoms with Gasteiger partial charge in [-0.1, -0.05) is 19.1 Å². The summed E-state index contributed by atoms with van der Waals surface area (Å²) in [6.45, 7) is 3.66. The highest BCUT2D eigenvalue weighted by atomic mass is 16.5. The third kappa shape index (κ3) is 4.12. The molecule has 1 saturated carbocycles. The number of fused-ring (bicyclic) bond motifs is 1. The largest absolute Gasteiger partial charge is 0.471 e. The molecule has 1 aliphatic carbocycles. The average Bonchev–Trinajstić information content (AvgIpc) is 3.38. The van der Waals surface area contributed by atoms with Crippen molar-refractivity contribution in [1.29, 1.82) is 0 Å². The van der Waals surface area contributed by atoms with Gasteiger partial charge >= 0.3 is 0 Å². The van der Waals surface area contributed by atoms with Gasteiger partial charge in [0.2, 0.25) is 11.8 Å². The zero-order chi connectivity index (χ0) is 20.5. The van der Waals surface area contributed by atoms with E-state index in [2.05, 4.69) is 40.5 Å². The highest BCUT2D eigenvalue weighted by Crippen LogP contribution is 2.33. The Labute approximate surface area is 176 Å². The highest BCUT2D eigenvalue weighted by Gasteiger charge is 2.23. The van der Waals surface area contributed by atoms with E-state index in [4.69, 9.17) is 14.5 Å². The van der Waals surface area contributed by atoms with Crippen LogP contribution in [0, 0.1) is 5.92 Å². The molecule has 1 unspecified atom stereocenters. The molecule has 30 heavy (non-hydrogen) atoms. The summed E-state index contributed by atoms with van der Waals surface area (Å²) in [6.07, 6.45) is 9.62.